The summed E-state index contributed by atoms with van der Waals surface area (Å²) in [6.07, 6.45) is 0. The standard InChI is InChI=1S/C17H22N4O/c1-5-21(6-2)16-10-9-15(19-20-16)17(22)18-14-8-7-12(3)11-13(14)4/h7-11H,5-6H2,1-4H3,(H,18,22). The molecule has 0 bridgehead atoms. The van der Waals surface area contributed by atoms with Gasteiger partial charge in [-0.3, -0.25) is 4.79 Å². The first-order valence-electron chi connectivity index (χ1n) is 7.52. The highest BCUT2D eigenvalue weighted by molar-refractivity contribution is 6.03. The smallest absolute Gasteiger partial charge is 0.276 e. The number of carbonyl (C=O) groups excluding carboxylic acids is 1. The highest BCUT2D eigenvalue weighted by atomic mass is 16.1. The van der Waals surface area contributed by atoms with Crippen LogP contribution < -0.4 is 10.2 Å². The molecule has 0 unspecified atom stereocenters. The van der Waals surface area contributed by atoms with Crippen LogP contribution in [-0.2, 0) is 0 Å². The van der Waals surface area contributed by atoms with E-state index in [1.54, 1.807) is 6.07 Å². The minimum absolute atomic E-state index is 0.245. The van der Waals surface area contributed by atoms with Gasteiger partial charge in [-0.2, -0.15) is 0 Å². The van der Waals surface area contributed by atoms with Gasteiger partial charge in [0, 0.05) is 18.8 Å². The number of aryl methyl sites for hydroxylation is 2. The van der Waals surface area contributed by atoms with Crippen molar-refractivity contribution in [3.05, 3.63) is 47.2 Å². The first-order chi connectivity index (χ1) is 10.5. The molecule has 0 saturated heterocycles. The van der Waals surface area contributed by atoms with E-state index in [0.29, 0.717) is 5.69 Å². The predicted molar refractivity (Wildman–Crippen MR) is 89.5 cm³/mol. The Kier molecular flexibility index (Phi) is 5.09. The van der Waals surface area contributed by atoms with E-state index in [2.05, 4.69) is 34.3 Å². The number of aromatic nitrogens is 2. The fourth-order valence-electron chi connectivity index (χ4n) is 2.30. The topological polar surface area (TPSA) is 58.1 Å². The van der Waals surface area contributed by atoms with Gasteiger partial charge in [0.05, 0.1) is 0 Å². The molecule has 2 aromatic rings. The van der Waals surface area contributed by atoms with Gasteiger partial charge in [0.25, 0.3) is 5.91 Å². The van der Waals surface area contributed by atoms with Crippen molar-refractivity contribution in [2.75, 3.05) is 23.3 Å². The molecular formula is C17H22N4O. The number of carbonyl (C=O) groups is 1. The zero-order valence-corrected chi connectivity index (χ0v) is 13.6. The Hall–Kier alpha value is -2.43. The molecule has 1 aromatic heterocycles. The summed E-state index contributed by atoms with van der Waals surface area (Å²) in [5.74, 6) is 0.540. The van der Waals surface area contributed by atoms with Crippen molar-refractivity contribution in [1.82, 2.24) is 10.2 Å². The molecular weight excluding hydrogens is 276 g/mol. The molecule has 0 spiro atoms. The molecule has 0 aliphatic carbocycles. The molecule has 22 heavy (non-hydrogen) atoms. The number of benzene rings is 1. The molecule has 0 atom stereocenters. The molecule has 0 saturated carbocycles. The van der Waals surface area contributed by atoms with Crippen LogP contribution in [0.5, 0.6) is 0 Å². The molecule has 0 fully saturated rings. The summed E-state index contributed by atoms with van der Waals surface area (Å²) < 4.78 is 0. The van der Waals surface area contributed by atoms with E-state index in [1.807, 2.05) is 38.1 Å². The number of anilines is 2. The Morgan fingerprint density at radius 1 is 1.09 bits per heavy atom. The summed E-state index contributed by atoms with van der Waals surface area (Å²) in [6, 6.07) is 9.44. The third kappa shape index (κ3) is 3.61. The van der Waals surface area contributed by atoms with Crippen molar-refractivity contribution < 1.29 is 4.79 Å². The van der Waals surface area contributed by atoms with Crippen LogP contribution in [0.4, 0.5) is 11.5 Å². The van der Waals surface area contributed by atoms with E-state index in [4.69, 9.17) is 0 Å². The highest BCUT2D eigenvalue weighted by Crippen LogP contribution is 2.17. The van der Waals surface area contributed by atoms with Gasteiger partial charge in [0.15, 0.2) is 11.5 Å². The lowest BCUT2D eigenvalue weighted by molar-refractivity contribution is 0.102. The average Bonchev–Trinajstić information content (AvgIpc) is 2.52. The third-order valence-corrected chi connectivity index (χ3v) is 3.60. The van der Waals surface area contributed by atoms with Crippen LogP contribution in [0.25, 0.3) is 0 Å². The first-order valence-corrected chi connectivity index (χ1v) is 7.52. The van der Waals surface area contributed by atoms with Crippen molar-refractivity contribution in [3.63, 3.8) is 0 Å². The van der Waals surface area contributed by atoms with Gasteiger partial charge in [-0.05, 0) is 51.5 Å². The Balaban J connectivity index is 2.13. The van der Waals surface area contributed by atoms with Crippen molar-refractivity contribution in [2.24, 2.45) is 0 Å². The third-order valence-electron chi connectivity index (χ3n) is 3.60. The summed E-state index contributed by atoms with van der Waals surface area (Å²) in [5, 5.41) is 11.0. The maximum absolute atomic E-state index is 12.2. The van der Waals surface area contributed by atoms with Crippen LogP contribution in [0.3, 0.4) is 0 Å². The molecule has 5 nitrogen and oxygen atoms in total. The van der Waals surface area contributed by atoms with Crippen LogP contribution in [-0.4, -0.2) is 29.2 Å². The van der Waals surface area contributed by atoms with E-state index in [1.165, 1.54) is 5.56 Å². The lowest BCUT2D eigenvalue weighted by atomic mass is 10.1. The zero-order chi connectivity index (χ0) is 16.1. The predicted octanol–water partition coefficient (Wildman–Crippen LogP) is 3.19. The zero-order valence-electron chi connectivity index (χ0n) is 13.6. The summed E-state index contributed by atoms with van der Waals surface area (Å²) in [5.41, 5.74) is 3.31. The molecule has 1 heterocycles. The van der Waals surface area contributed by atoms with Gasteiger partial charge in [-0.25, -0.2) is 0 Å². The van der Waals surface area contributed by atoms with Crippen LogP contribution in [0.2, 0.25) is 0 Å². The van der Waals surface area contributed by atoms with Crippen LogP contribution in [0.1, 0.15) is 35.5 Å². The monoisotopic (exact) mass is 298 g/mol. The summed E-state index contributed by atoms with van der Waals surface area (Å²) in [4.78, 5) is 14.3. The molecule has 1 N–H and O–H groups in total. The second-order valence-corrected chi connectivity index (χ2v) is 5.22. The van der Waals surface area contributed by atoms with Gasteiger partial charge in [0.2, 0.25) is 0 Å². The number of nitrogens with zero attached hydrogens (tertiary/aromatic N) is 3. The van der Waals surface area contributed by atoms with Crippen molar-refractivity contribution in [3.8, 4) is 0 Å². The fourth-order valence-corrected chi connectivity index (χ4v) is 2.30. The van der Waals surface area contributed by atoms with E-state index < -0.39 is 0 Å². The maximum Gasteiger partial charge on any atom is 0.276 e. The Bertz CT molecular complexity index is 648. The average molecular weight is 298 g/mol. The lowest BCUT2D eigenvalue weighted by Crippen LogP contribution is -2.24. The lowest BCUT2D eigenvalue weighted by Gasteiger charge is -2.18. The van der Waals surface area contributed by atoms with E-state index in [0.717, 1.165) is 30.2 Å². The number of amides is 1. The molecule has 1 aromatic carbocycles. The van der Waals surface area contributed by atoms with Crippen molar-refractivity contribution in [2.45, 2.75) is 27.7 Å². The molecule has 0 radical (unpaired) electrons. The largest absolute Gasteiger partial charge is 0.356 e. The Labute approximate surface area is 131 Å². The van der Waals surface area contributed by atoms with Crippen LogP contribution in [0.15, 0.2) is 30.3 Å². The van der Waals surface area contributed by atoms with Gasteiger partial charge in [-0.15, -0.1) is 10.2 Å². The second kappa shape index (κ2) is 7.02. The summed E-state index contributed by atoms with van der Waals surface area (Å²) >= 11 is 0. The maximum atomic E-state index is 12.2. The molecule has 1 amide bonds. The second-order valence-electron chi connectivity index (χ2n) is 5.22. The van der Waals surface area contributed by atoms with Gasteiger partial charge in [0.1, 0.15) is 0 Å². The molecule has 0 aliphatic rings. The van der Waals surface area contributed by atoms with Crippen molar-refractivity contribution in [1.29, 1.82) is 0 Å². The first kappa shape index (κ1) is 15.9. The quantitative estimate of drug-likeness (QED) is 0.921. The fraction of sp³-hybridized carbons (Fsp3) is 0.353. The Morgan fingerprint density at radius 3 is 2.36 bits per heavy atom. The number of hydrogen-bond acceptors (Lipinski definition) is 4. The number of nitrogens with one attached hydrogen (secondary N) is 1. The SMILES string of the molecule is CCN(CC)c1ccc(C(=O)Nc2ccc(C)cc2C)nn1. The number of rotatable bonds is 5. The molecule has 5 heteroatoms. The minimum Gasteiger partial charge on any atom is -0.356 e. The van der Waals surface area contributed by atoms with Crippen LogP contribution in [0, 0.1) is 13.8 Å². The highest BCUT2D eigenvalue weighted by Gasteiger charge is 2.11. The minimum atomic E-state index is -0.245. The number of hydrogen-bond donors (Lipinski definition) is 1. The molecule has 2 rings (SSSR count). The summed E-state index contributed by atoms with van der Waals surface area (Å²) in [6.45, 7) is 9.84. The summed E-state index contributed by atoms with van der Waals surface area (Å²) in [7, 11) is 0. The van der Waals surface area contributed by atoms with Crippen molar-refractivity contribution >= 4 is 17.4 Å². The van der Waals surface area contributed by atoms with Gasteiger partial charge >= 0.3 is 0 Å². The van der Waals surface area contributed by atoms with Gasteiger partial charge in [-0.1, -0.05) is 17.7 Å². The molecule has 116 valence electrons. The van der Waals surface area contributed by atoms with E-state index in [-0.39, 0.29) is 5.91 Å². The Morgan fingerprint density at radius 2 is 1.82 bits per heavy atom. The normalized spacial score (nSPS) is 10.4. The van der Waals surface area contributed by atoms with E-state index in [9.17, 15) is 4.79 Å². The van der Waals surface area contributed by atoms with E-state index >= 15 is 0 Å². The molecule has 0 aliphatic heterocycles. The van der Waals surface area contributed by atoms with Gasteiger partial charge < -0.3 is 10.2 Å². The van der Waals surface area contributed by atoms with Crippen LogP contribution >= 0.6 is 0 Å².